The summed E-state index contributed by atoms with van der Waals surface area (Å²) in [6.07, 6.45) is 0. The van der Waals surface area contributed by atoms with Gasteiger partial charge in [-0.25, -0.2) is 13.1 Å². The molecule has 152 valence electrons. The molecule has 1 N–H and O–H groups in total. The van der Waals surface area contributed by atoms with Gasteiger partial charge >= 0.3 is 0 Å². The molecule has 0 aliphatic heterocycles. The van der Waals surface area contributed by atoms with Crippen LogP contribution in [0.3, 0.4) is 0 Å². The molecular formula is C24H22N2O3S. The number of rotatable bonds is 5. The van der Waals surface area contributed by atoms with Crippen LogP contribution in [0.15, 0.2) is 83.8 Å². The third-order valence-electron chi connectivity index (χ3n) is 5.28. The summed E-state index contributed by atoms with van der Waals surface area (Å²) < 4.78 is 29.4. The van der Waals surface area contributed by atoms with Crippen molar-refractivity contribution in [1.29, 1.82) is 0 Å². The number of nitrogens with one attached hydrogen (secondary N) is 1. The van der Waals surface area contributed by atoms with E-state index in [1.54, 1.807) is 24.3 Å². The molecule has 30 heavy (non-hydrogen) atoms. The Balaban J connectivity index is 1.78. The van der Waals surface area contributed by atoms with Crippen molar-refractivity contribution in [3.8, 4) is 0 Å². The Morgan fingerprint density at radius 1 is 0.867 bits per heavy atom. The summed E-state index contributed by atoms with van der Waals surface area (Å²) in [6, 6.07) is 23.4. The van der Waals surface area contributed by atoms with Gasteiger partial charge in [0.15, 0.2) is 0 Å². The minimum Gasteiger partial charge on any atom is -0.332 e. The van der Waals surface area contributed by atoms with Crippen LogP contribution in [-0.2, 0) is 16.6 Å². The molecule has 4 aromatic rings. The molecule has 1 aromatic heterocycles. The number of sulfonamides is 1. The molecular weight excluding hydrogens is 396 g/mol. The monoisotopic (exact) mass is 418 g/mol. The summed E-state index contributed by atoms with van der Waals surface area (Å²) in [4.78, 5) is 13.1. The van der Waals surface area contributed by atoms with E-state index in [1.165, 1.54) is 12.1 Å². The number of hydrogen-bond donors (Lipinski definition) is 1. The van der Waals surface area contributed by atoms with Crippen molar-refractivity contribution >= 4 is 26.8 Å². The van der Waals surface area contributed by atoms with Gasteiger partial charge in [0.2, 0.25) is 0 Å². The summed E-state index contributed by atoms with van der Waals surface area (Å²) in [5.74, 6) is -0.652. The first kappa shape index (κ1) is 19.9. The van der Waals surface area contributed by atoms with E-state index in [-0.39, 0.29) is 4.90 Å². The van der Waals surface area contributed by atoms with Crippen molar-refractivity contribution in [2.24, 2.45) is 0 Å². The number of amides is 1. The van der Waals surface area contributed by atoms with Gasteiger partial charge in [-0.2, -0.15) is 0 Å². The molecule has 0 saturated heterocycles. The van der Waals surface area contributed by atoms with E-state index in [9.17, 15) is 13.2 Å². The molecule has 1 heterocycles. The molecule has 0 atom stereocenters. The molecule has 0 bridgehead atoms. The standard InChI is InChI=1S/C24H22N2O3S/c1-17-9-8-10-18(2)21(17)16-26-22-14-7-6-11-19(22)15-23(26)24(27)25-30(28,29)20-12-4-3-5-13-20/h3-15H,16H2,1-2H3,(H,25,27). The Morgan fingerprint density at radius 3 is 2.20 bits per heavy atom. The first-order chi connectivity index (χ1) is 14.4. The van der Waals surface area contributed by atoms with Crippen LogP contribution in [0.25, 0.3) is 10.9 Å². The van der Waals surface area contributed by atoms with Gasteiger partial charge in [-0.15, -0.1) is 0 Å². The quantitative estimate of drug-likeness (QED) is 0.521. The molecule has 4 rings (SSSR count). The second kappa shape index (κ2) is 7.80. The van der Waals surface area contributed by atoms with E-state index in [4.69, 9.17) is 0 Å². The summed E-state index contributed by atoms with van der Waals surface area (Å²) in [5.41, 5.74) is 4.53. The van der Waals surface area contributed by atoms with Gasteiger partial charge in [0, 0.05) is 17.4 Å². The fourth-order valence-electron chi connectivity index (χ4n) is 3.66. The molecule has 1 amide bonds. The highest BCUT2D eigenvalue weighted by atomic mass is 32.2. The smallest absolute Gasteiger partial charge is 0.281 e. The zero-order valence-corrected chi connectivity index (χ0v) is 17.6. The van der Waals surface area contributed by atoms with Gasteiger partial charge in [0.05, 0.1) is 4.90 Å². The number of aryl methyl sites for hydroxylation is 2. The van der Waals surface area contributed by atoms with Crippen molar-refractivity contribution in [2.75, 3.05) is 0 Å². The van der Waals surface area contributed by atoms with Crippen molar-refractivity contribution in [2.45, 2.75) is 25.3 Å². The Morgan fingerprint density at radius 2 is 1.50 bits per heavy atom. The lowest BCUT2D eigenvalue weighted by Crippen LogP contribution is -2.32. The summed E-state index contributed by atoms with van der Waals surface area (Å²) in [6.45, 7) is 4.54. The Labute approximate surface area is 176 Å². The molecule has 0 radical (unpaired) electrons. The highest BCUT2D eigenvalue weighted by Crippen LogP contribution is 2.24. The van der Waals surface area contributed by atoms with Crippen molar-refractivity contribution in [3.05, 3.63) is 101 Å². The van der Waals surface area contributed by atoms with Crippen LogP contribution in [0.4, 0.5) is 0 Å². The second-order valence-electron chi connectivity index (χ2n) is 7.29. The minimum atomic E-state index is -3.96. The van der Waals surface area contributed by atoms with Gasteiger partial charge in [0.1, 0.15) is 5.69 Å². The van der Waals surface area contributed by atoms with Crippen molar-refractivity contribution in [1.82, 2.24) is 9.29 Å². The van der Waals surface area contributed by atoms with Crippen LogP contribution in [0, 0.1) is 13.8 Å². The largest absolute Gasteiger partial charge is 0.332 e. The fraction of sp³-hybridized carbons (Fsp3) is 0.125. The van der Waals surface area contributed by atoms with E-state index in [1.807, 2.05) is 60.9 Å². The minimum absolute atomic E-state index is 0.0516. The van der Waals surface area contributed by atoms with Crippen LogP contribution in [-0.4, -0.2) is 18.9 Å². The Kier molecular flexibility index (Phi) is 5.18. The van der Waals surface area contributed by atoms with Gasteiger partial charge in [-0.05, 0) is 54.8 Å². The maximum absolute atomic E-state index is 13.1. The van der Waals surface area contributed by atoms with Crippen molar-refractivity contribution in [3.63, 3.8) is 0 Å². The van der Waals surface area contributed by atoms with Crippen LogP contribution >= 0.6 is 0 Å². The van der Waals surface area contributed by atoms with Crippen LogP contribution < -0.4 is 4.72 Å². The second-order valence-corrected chi connectivity index (χ2v) is 8.97. The lowest BCUT2D eigenvalue weighted by Gasteiger charge is -2.15. The summed E-state index contributed by atoms with van der Waals surface area (Å²) in [7, 11) is -3.96. The predicted octanol–water partition coefficient (Wildman–Crippen LogP) is 4.43. The van der Waals surface area contributed by atoms with Gasteiger partial charge in [0.25, 0.3) is 15.9 Å². The number of fused-ring (bicyclic) bond motifs is 1. The third-order valence-corrected chi connectivity index (χ3v) is 6.63. The number of carbonyl (C=O) groups is 1. The summed E-state index contributed by atoms with van der Waals surface area (Å²) >= 11 is 0. The lowest BCUT2D eigenvalue weighted by molar-refractivity contribution is 0.0973. The molecule has 0 unspecified atom stereocenters. The van der Waals surface area contributed by atoms with E-state index in [0.717, 1.165) is 27.6 Å². The Hall–Kier alpha value is -3.38. The molecule has 0 fully saturated rings. The number of aromatic nitrogens is 1. The number of benzene rings is 3. The topological polar surface area (TPSA) is 68.2 Å². The van der Waals surface area contributed by atoms with Gasteiger partial charge in [-0.3, -0.25) is 4.79 Å². The lowest BCUT2D eigenvalue weighted by atomic mass is 10.0. The third kappa shape index (κ3) is 3.74. The molecule has 6 heteroatoms. The molecule has 0 aliphatic carbocycles. The molecule has 0 spiro atoms. The summed E-state index contributed by atoms with van der Waals surface area (Å²) in [5, 5.41) is 0.881. The average Bonchev–Trinajstić information content (AvgIpc) is 3.10. The maximum Gasteiger partial charge on any atom is 0.281 e. The molecule has 0 saturated carbocycles. The molecule has 5 nitrogen and oxygen atoms in total. The molecule has 3 aromatic carbocycles. The highest BCUT2D eigenvalue weighted by Gasteiger charge is 2.22. The van der Waals surface area contributed by atoms with Crippen LogP contribution in [0.1, 0.15) is 27.2 Å². The Bertz CT molecular complexity index is 1320. The maximum atomic E-state index is 13.1. The normalized spacial score (nSPS) is 11.5. The van der Waals surface area contributed by atoms with E-state index in [2.05, 4.69) is 4.72 Å². The zero-order chi connectivity index (χ0) is 21.3. The fourth-order valence-corrected chi connectivity index (χ4v) is 4.64. The number of hydrogen-bond acceptors (Lipinski definition) is 3. The van der Waals surface area contributed by atoms with Crippen LogP contribution in [0.5, 0.6) is 0 Å². The van der Waals surface area contributed by atoms with Crippen LogP contribution in [0.2, 0.25) is 0 Å². The van der Waals surface area contributed by atoms with E-state index < -0.39 is 15.9 Å². The van der Waals surface area contributed by atoms with Gasteiger partial charge in [-0.1, -0.05) is 54.6 Å². The van der Waals surface area contributed by atoms with E-state index >= 15 is 0 Å². The zero-order valence-electron chi connectivity index (χ0n) is 16.8. The van der Waals surface area contributed by atoms with Gasteiger partial charge < -0.3 is 4.57 Å². The number of nitrogens with zero attached hydrogens (tertiary/aromatic N) is 1. The number of para-hydroxylation sites is 1. The predicted molar refractivity (Wildman–Crippen MR) is 118 cm³/mol. The van der Waals surface area contributed by atoms with Crippen molar-refractivity contribution < 1.29 is 13.2 Å². The average molecular weight is 419 g/mol. The first-order valence-electron chi connectivity index (χ1n) is 9.62. The number of carbonyl (C=O) groups excluding carboxylic acids is 1. The SMILES string of the molecule is Cc1cccc(C)c1Cn1c(C(=O)NS(=O)(=O)c2ccccc2)cc2ccccc21. The van der Waals surface area contributed by atoms with E-state index in [0.29, 0.717) is 12.2 Å². The highest BCUT2D eigenvalue weighted by molar-refractivity contribution is 7.90. The molecule has 0 aliphatic rings. The first-order valence-corrected chi connectivity index (χ1v) is 11.1.